The maximum Gasteiger partial charge on any atom is 0.196 e. The Bertz CT molecular complexity index is 639. The van der Waals surface area contributed by atoms with Crippen LogP contribution in [-0.2, 0) is 0 Å². The second-order valence-electron chi connectivity index (χ2n) is 5.52. The lowest BCUT2D eigenvalue weighted by Crippen LogP contribution is -2.31. The first-order chi connectivity index (χ1) is 10.3. The molecule has 1 aromatic heterocycles. The molecule has 0 radical (unpaired) electrons. The number of ether oxygens (including phenoxy) is 1. The number of nitrogens with zero attached hydrogens (tertiary/aromatic N) is 1. The molecule has 3 rings (SSSR count). The number of piperidine rings is 1. The monoisotopic (exact) mass is 287 g/mol. The van der Waals surface area contributed by atoms with Crippen LogP contribution in [-0.4, -0.2) is 31.1 Å². The summed E-state index contributed by atoms with van der Waals surface area (Å²) in [7, 11) is 0. The summed E-state index contributed by atoms with van der Waals surface area (Å²) in [5.41, 5.74) is 0.527. The summed E-state index contributed by atoms with van der Waals surface area (Å²) in [6.07, 6.45) is 6.38. The second kappa shape index (κ2) is 6.76. The fraction of sp³-hybridized carbons (Fsp3) is 0.471. The predicted octanol–water partition coefficient (Wildman–Crippen LogP) is 3.05. The van der Waals surface area contributed by atoms with Crippen LogP contribution < -0.4 is 10.2 Å². The molecule has 0 unspecified atom stereocenters. The van der Waals surface area contributed by atoms with E-state index in [2.05, 4.69) is 4.90 Å². The molecule has 0 bridgehead atoms. The first-order valence-corrected chi connectivity index (χ1v) is 7.70. The molecule has 0 saturated carbocycles. The van der Waals surface area contributed by atoms with Gasteiger partial charge in [0.15, 0.2) is 5.43 Å². The highest BCUT2D eigenvalue weighted by Gasteiger charge is 2.10. The molecule has 1 saturated heterocycles. The summed E-state index contributed by atoms with van der Waals surface area (Å²) in [5.74, 6) is 0.625. The Morgan fingerprint density at radius 3 is 2.86 bits per heavy atom. The highest BCUT2D eigenvalue weighted by Crippen LogP contribution is 2.22. The largest absolute Gasteiger partial charge is 0.493 e. The third kappa shape index (κ3) is 3.45. The van der Waals surface area contributed by atoms with Crippen LogP contribution in [0.15, 0.2) is 39.7 Å². The number of benzene rings is 1. The zero-order chi connectivity index (χ0) is 14.5. The van der Waals surface area contributed by atoms with Crippen LogP contribution in [0.3, 0.4) is 0 Å². The standard InChI is InChI=1S/C17H21NO3/c19-14-8-13-21-16-7-4-6-15(17(14)16)20-12-5-11-18-9-2-1-3-10-18/h4,6-8,13H,1-3,5,9-12H2. The second-order valence-corrected chi connectivity index (χ2v) is 5.52. The lowest BCUT2D eigenvalue weighted by atomic mass is 10.1. The Labute approximate surface area is 124 Å². The van der Waals surface area contributed by atoms with Gasteiger partial charge in [-0.25, -0.2) is 0 Å². The molecule has 4 nitrogen and oxygen atoms in total. The van der Waals surface area contributed by atoms with Crippen molar-refractivity contribution in [1.82, 2.24) is 4.90 Å². The summed E-state index contributed by atoms with van der Waals surface area (Å²) in [6.45, 7) is 4.11. The lowest BCUT2D eigenvalue weighted by Gasteiger charge is -2.26. The van der Waals surface area contributed by atoms with Crippen LogP contribution in [0.25, 0.3) is 11.0 Å². The maximum atomic E-state index is 11.9. The number of likely N-dealkylation sites (tertiary alicyclic amines) is 1. The molecular formula is C17H21NO3. The van der Waals surface area contributed by atoms with Crippen LogP contribution in [0, 0.1) is 0 Å². The van der Waals surface area contributed by atoms with Crippen molar-refractivity contribution >= 4 is 11.0 Å². The molecule has 2 heterocycles. The van der Waals surface area contributed by atoms with Gasteiger partial charge in [-0.15, -0.1) is 0 Å². The highest BCUT2D eigenvalue weighted by atomic mass is 16.5. The fourth-order valence-corrected chi connectivity index (χ4v) is 2.88. The highest BCUT2D eigenvalue weighted by molar-refractivity contribution is 5.82. The fourth-order valence-electron chi connectivity index (χ4n) is 2.88. The molecule has 0 aliphatic carbocycles. The molecule has 1 fully saturated rings. The van der Waals surface area contributed by atoms with Gasteiger partial charge in [-0.2, -0.15) is 0 Å². The van der Waals surface area contributed by atoms with Gasteiger partial charge in [0.1, 0.15) is 16.7 Å². The average Bonchev–Trinajstić information content (AvgIpc) is 2.53. The molecule has 0 N–H and O–H groups in total. The molecule has 1 aliphatic heterocycles. The van der Waals surface area contributed by atoms with Crippen molar-refractivity contribution in [2.24, 2.45) is 0 Å². The van der Waals surface area contributed by atoms with Gasteiger partial charge in [0.05, 0.1) is 12.9 Å². The molecule has 0 amide bonds. The van der Waals surface area contributed by atoms with E-state index >= 15 is 0 Å². The predicted molar refractivity (Wildman–Crippen MR) is 82.9 cm³/mol. The Hall–Kier alpha value is -1.81. The first-order valence-electron chi connectivity index (χ1n) is 7.70. The summed E-state index contributed by atoms with van der Waals surface area (Å²) < 4.78 is 11.2. The quantitative estimate of drug-likeness (QED) is 0.793. The van der Waals surface area contributed by atoms with E-state index in [4.69, 9.17) is 9.15 Å². The Kier molecular flexibility index (Phi) is 4.55. The van der Waals surface area contributed by atoms with Gasteiger partial charge in [0, 0.05) is 12.6 Å². The van der Waals surface area contributed by atoms with Crippen LogP contribution in [0.4, 0.5) is 0 Å². The number of hydrogen-bond donors (Lipinski definition) is 0. The molecule has 0 spiro atoms. The minimum absolute atomic E-state index is 0.0529. The van der Waals surface area contributed by atoms with Gasteiger partial charge in [-0.3, -0.25) is 4.79 Å². The average molecular weight is 287 g/mol. The molecule has 0 atom stereocenters. The Balaban J connectivity index is 1.59. The molecule has 2 aromatic rings. The molecule has 112 valence electrons. The van der Waals surface area contributed by atoms with E-state index in [1.807, 2.05) is 12.1 Å². The normalized spacial score (nSPS) is 16.2. The van der Waals surface area contributed by atoms with Gasteiger partial charge in [-0.05, 0) is 44.5 Å². The molecule has 1 aromatic carbocycles. The van der Waals surface area contributed by atoms with E-state index in [1.54, 1.807) is 6.07 Å². The van der Waals surface area contributed by atoms with Gasteiger partial charge < -0.3 is 14.1 Å². The van der Waals surface area contributed by atoms with Crippen LogP contribution in [0.1, 0.15) is 25.7 Å². The number of rotatable bonds is 5. The van der Waals surface area contributed by atoms with Crippen molar-refractivity contribution in [2.75, 3.05) is 26.2 Å². The van der Waals surface area contributed by atoms with Crippen LogP contribution in [0.2, 0.25) is 0 Å². The van der Waals surface area contributed by atoms with E-state index in [0.29, 0.717) is 23.3 Å². The van der Waals surface area contributed by atoms with Crippen molar-refractivity contribution < 1.29 is 9.15 Å². The van der Waals surface area contributed by atoms with Gasteiger partial charge in [-0.1, -0.05) is 12.5 Å². The van der Waals surface area contributed by atoms with E-state index in [-0.39, 0.29) is 5.43 Å². The minimum atomic E-state index is -0.0529. The topological polar surface area (TPSA) is 42.7 Å². The number of fused-ring (bicyclic) bond motifs is 1. The first kappa shape index (κ1) is 14.1. The Morgan fingerprint density at radius 1 is 1.14 bits per heavy atom. The summed E-state index contributed by atoms with van der Waals surface area (Å²) in [6, 6.07) is 6.91. The third-order valence-electron chi connectivity index (χ3n) is 3.97. The SMILES string of the molecule is O=c1ccoc2cccc(OCCCN3CCCCC3)c12. The third-order valence-corrected chi connectivity index (χ3v) is 3.97. The molecule has 4 heteroatoms. The maximum absolute atomic E-state index is 11.9. The summed E-state index contributed by atoms with van der Waals surface area (Å²) in [4.78, 5) is 14.4. The Morgan fingerprint density at radius 2 is 2.00 bits per heavy atom. The molecular weight excluding hydrogens is 266 g/mol. The van der Waals surface area contributed by atoms with Crippen molar-refractivity contribution in [1.29, 1.82) is 0 Å². The van der Waals surface area contributed by atoms with Crippen molar-refractivity contribution in [3.63, 3.8) is 0 Å². The molecule has 21 heavy (non-hydrogen) atoms. The van der Waals surface area contributed by atoms with Gasteiger partial charge in [0.2, 0.25) is 0 Å². The number of hydrogen-bond acceptors (Lipinski definition) is 4. The van der Waals surface area contributed by atoms with Crippen LogP contribution in [0.5, 0.6) is 5.75 Å². The van der Waals surface area contributed by atoms with Crippen molar-refractivity contribution in [3.05, 3.63) is 40.8 Å². The van der Waals surface area contributed by atoms with Crippen LogP contribution >= 0.6 is 0 Å². The lowest BCUT2D eigenvalue weighted by molar-refractivity contribution is 0.205. The van der Waals surface area contributed by atoms with E-state index < -0.39 is 0 Å². The van der Waals surface area contributed by atoms with E-state index in [9.17, 15) is 4.79 Å². The minimum Gasteiger partial charge on any atom is -0.493 e. The summed E-state index contributed by atoms with van der Waals surface area (Å²) in [5, 5.41) is 0.540. The summed E-state index contributed by atoms with van der Waals surface area (Å²) >= 11 is 0. The van der Waals surface area contributed by atoms with Crippen molar-refractivity contribution in [2.45, 2.75) is 25.7 Å². The zero-order valence-electron chi connectivity index (χ0n) is 12.2. The van der Waals surface area contributed by atoms with Crippen molar-refractivity contribution in [3.8, 4) is 5.75 Å². The smallest absolute Gasteiger partial charge is 0.196 e. The van der Waals surface area contributed by atoms with Gasteiger partial charge in [0.25, 0.3) is 0 Å². The zero-order valence-corrected chi connectivity index (χ0v) is 12.2. The molecule has 1 aliphatic rings. The van der Waals surface area contributed by atoms with E-state index in [1.165, 1.54) is 44.7 Å². The van der Waals surface area contributed by atoms with E-state index in [0.717, 1.165) is 13.0 Å². The van der Waals surface area contributed by atoms with Gasteiger partial charge >= 0.3 is 0 Å².